The first-order chi connectivity index (χ1) is 7.15. The molecule has 3 nitrogen and oxygen atoms in total. The van der Waals surface area contributed by atoms with Crippen molar-refractivity contribution < 1.29 is 9.18 Å². The quantitative estimate of drug-likeness (QED) is 0.845. The fourth-order valence-electron chi connectivity index (χ4n) is 1.28. The maximum absolute atomic E-state index is 12.9. The molecule has 0 saturated heterocycles. The molecular formula is C11H16ClFN2O. The molecule has 0 aliphatic heterocycles. The van der Waals surface area contributed by atoms with Crippen LogP contribution in [-0.2, 0) is 4.79 Å². The minimum Gasteiger partial charge on any atom is -0.354 e. The Hall–Kier alpha value is -1.13. The molecule has 0 bridgehead atoms. The molecule has 1 aromatic rings. The highest BCUT2D eigenvalue weighted by Crippen LogP contribution is 2.15. The first-order valence-electron chi connectivity index (χ1n) is 4.88. The summed E-state index contributed by atoms with van der Waals surface area (Å²) in [7, 11) is 0. The van der Waals surface area contributed by atoms with E-state index in [0.29, 0.717) is 18.7 Å². The van der Waals surface area contributed by atoms with Crippen LogP contribution in [0.3, 0.4) is 0 Å². The maximum atomic E-state index is 12.9. The summed E-state index contributed by atoms with van der Waals surface area (Å²) < 4.78 is 12.9. The Labute approximate surface area is 101 Å². The topological polar surface area (TPSA) is 55.1 Å². The summed E-state index contributed by atoms with van der Waals surface area (Å²) >= 11 is 0. The second kappa shape index (κ2) is 7.19. The largest absolute Gasteiger partial charge is 0.354 e. The number of benzene rings is 1. The van der Waals surface area contributed by atoms with Gasteiger partial charge in [0.15, 0.2) is 0 Å². The van der Waals surface area contributed by atoms with Gasteiger partial charge >= 0.3 is 0 Å². The molecule has 0 spiro atoms. The lowest BCUT2D eigenvalue weighted by molar-refractivity contribution is -0.122. The van der Waals surface area contributed by atoms with E-state index in [9.17, 15) is 9.18 Å². The van der Waals surface area contributed by atoms with Crippen molar-refractivity contribution in [2.24, 2.45) is 5.73 Å². The summed E-state index contributed by atoms with van der Waals surface area (Å²) in [5.74, 6) is -0.815. The third kappa shape index (κ3) is 4.16. The van der Waals surface area contributed by atoms with Gasteiger partial charge in [-0.15, -0.1) is 12.4 Å². The van der Waals surface area contributed by atoms with Crippen LogP contribution in [0.1, 0.15) is 18.4 Å². The van der Waals surface area contributed by atoms with Gasteiger partial charge in [0.05, 0.1) is 5.92 Å². The maximum Gasteiger partial charge on any atom is 0.227 e. The van der Waals surface area contributed by atoms with Crippen LogP contribution in [0.25, 0.3) is 0 Å². The van der Waals surface area contributed by atoms with Crippen LogP contribution in [0.15, 0.2) is 24.3 Å². The predicted molar refractivity (Wildman–Crippen MR) is 64.1 cm³/mol. The van der Waals surface area contributed by atoms with Gasteiger partial charge in [-0.1, -0.05) is 12.1 Å². The minimum absolute atomic E-state index is 0. The SMILES string of the molecule is CC(C(=O)NCCN)c1cccc(F)c1.Cl. The van der Waals surface area contributed by atoms with E-state index in [1.807, 2.05) is 0 Å². The van der Waals surface area contributed by atoms with E-state index in [1.54, 1.807) is 19.1 Å². The van der Waals surface area contributed by atoms with E-state index in [1.165, 1.54) is 12.1 Å². The Bertz CT molecular complexity index is 347. The molecule has 0 aliphatic carbocycles. The first kappa shape index (κ1) is 14.9. The number of nitrogens with one attached hydrogen (secondary N) is 1. The zero-order valence-electron chi connectivity index (χ0n) is 9.07. The average Bonchev–Trinajstić information content (AvgIpc) is 2.24. The highest BCUT2D eigenvalue weighted by atomic mass is 35.5. The van der Waals surface area contributed by atoms with Gasteiger partial charge in [0.25, 0.3) is 0 Å². The number of carbonyl (C=O) groups excluding carboxylic acids is 1. The number of hydrogen-bond donors (Lipinski definition) is 2. The Morgan fingerprint density at radius 1 is 1.56 bits per heavy atom. The Morgan fingerprint density at radius 3 is 2.81 bits per heavy atom. The van der Waals surface area contributed by atoms with Gasteiger partial charge in [-0.25, -0.2) is 4.39 Å². The summed E-state index contributed by atoms with van der Waals surface area (Å²) in [6.45, 7) is 2.58. The van der Waals surface area contributed by atoms with E-state index in [2.05, 4.69) is 5.32 Å². The molecule has 1 rings (SSSR count). The Balaban J connectivity index is 0.00000225. The minimum atomic E-state index is -0.354. The molecule has 0 aliphatic rings. The fourth-order valence-corrected chi connectivity index (χ4v) is 1.28. The van der Waals surface area contributed by atoms with Gasteiger partial charge in [-0.2, -0.15) is 0 Å². The molecule has 90 valence electrons. The van der Waals surface area contributed by atoms with Crippen molar-refractivity contribution in [1.29, 1.82) is 0 Å². The number of nitrogens with two attached hydrogens (primary N) is 1. The molecule has 0 aromatic heterocycles. The van der Waals surface area contributed by atoms with Gasteiger partial charge in [0.1, 0.15) is 5.82 Å². The van der Waals surface area contributed by atoms with E-state index in [0.717, 1.165) is 0 Å². The standard InChI is InChI=1S/C11H15FN2O.ClH/c1-8(11(15)14-6-5-13)9-3-2-4-10(12)7-9;/h2-4,7-8H,5-6,13H2,1H3,(H,14,15);1H. The summed E-state index contributed by atoms with van der Waals surface area (Å²) in [4.78, 5) is 11.5. The number of amides is 1. The second-order valence-electron chi connectivity index (χ2n) is 3.36. The van der Waals surface area contributed by atoms with Crippen molar-refractivity contribution in [2.75, 3.05) is 13.1 Å². The molecular weight excluding hydrogens is 231 g/mol. The molecule has 1 unspecified atom stereocenters. The monoisotopic (exact) mass is 246 g/mol. The lowest BCUT2D eigenvalue weighted by atomic mass is 10.0. The molecule has 1 amide bonds. The summed E-state index contributed by atoms with van der Waals surface area (Å²) in [6, 6.07) is 6.05. The van der Waals surface area contributed by atoms with Gasteiger partial charge in [-0.3, -0.25) is 4.79 Å². The smallest absolute Gasteiger partial charge is 0.227 e. The van der Waals surface area contributed by atoms with E-state index in [4.69, 9.17) is 5.73 Å². The zero-order valence-corrected chi connectivity index (χ0v) is 9.89. The van der Waals surface area contributed by atoms with Crippen molar-refractivity contribution in [1.82, 2.24) is 5.32 Å². The van der Waals surface area contributed by atoms with Gasteiger partial charge < -0.3 is 11.1 Å². The van der Waals surface area contributed by atoms with Crippen LogP contribution in [0.2, 0.25) is 0 Å². The number of hydrogen-bond acceptors (Lipinski definition) is 2. The third-order valence-corrected chi connectivity index (χ3v) is 2.19. The molecule has 16 heavy (non-hydrogen) atoms. The Kier molecular flexibility index (Phi) is 6.69. The van der Waals surface area contributed by atoms with Crippen LogP contribution >= 0.6 is 12.4 Å². The molecule has 1 atom stereocenters. The van der Waals surface area contributed by atoms with Crippen molar-refractivity contribution in [3.8, 4) is 0 Å². The number of halogens is 2. The van der Waals surface area contributed by atoms with Gasteiger partial charge in [-0.05, 0) is 24.6 Å². The first-order valence-corrected chi connectivity index (χ1v) is 4.88. The lowest BCUT2D eigenvalue weighted by Crippen LogP contribution is -2.32. The van der Waals surface area contributed by atoms with Gasteiger partial charge in [0.2, 0.25) is 5.91 Å². The Morgan fingerprint density at radius 2 is 2.25 bits per heavy atom. The predicted octanol–water partition coefficient (Wildman–Crippen LogP) is 1.43. The van der Waals surface area contributed by atoms with Crippen molar-refractivity contribution in [3.05, 3.63) is 35.6 Å². The van der Waals surface area contributed by atoms with Crippen molar-refractivity contribution >= 4 is 18.3 Å². The fraction of sp³-hybridized carbons (Fsp3) is 0.364. The molecule has 5 heteroatoms. The molecule has 0 fully saturated rings. The zero-order chi connectivity index (χ0) is 11.3. The van der Waals surface area contributed by atoms with Crippen LogP contribution in [0.4, 0.5) is 4.39 Å². The van der Waals surface area contributed by atoms with Crippen molar-refractivity contribution in [3.63, 3.8) is 0 Å². The molecule has 0 saturated carbocycles. The van der Waals surface area contributed by atoms with Crippen LogP contribution in [0, 0.1) is 5.82 Å². The summed E-state index contributed by atoms with van der Waals surface area (Å²) in [5.41, 5.74) is 5.94. The second-order valence-corrected chi connectivity index (χ2v) is 3.36. The highest BCUT2D eigenvalue weighted by molar-refractivity contribution is 5.85. The number of rotatable bonds is 4. The van der Waals surface area contributed by atoms with E-state index < -0.39 is 0 Å². The normalized spacial score (nSPS) is 11.4. The molecule has 0 radical (unpaired) electrons. The van der Waals surface area contributed by atoms with E-state index in [-0.39, 0.29) is 30.0 Å². The number of carbonyl (C=O) groups is 1. The van der Waals surface area contributed by atoms with Gasteiger partial charge in [0, 0.05) is 13.1 Å². The average molecular weight is 247 g/mol. The highest BCUT2D eigenvalue weighted by Gasteiger charge is 2.14. The summed E-state index contributed by atoms with van der Waals surface area (Å²) in [6.07, 6.45) is 0. The third-order valence-electron chi connectivity index (χ3n) is 2.19. The molecule has 3 N–H and O–H groups in total. The van der Waals surface area contributed by atoms with Crippen LogP contribution in [-0.4, -0.2) is 19.0 Å². The van der Waals surface area contributed by atoms with E-state index >= 15 is 0 Å². The van der Waals surface area contributed by atoms with Crippen LogP contribution in [0.5, 0.6) is 0 Å². The summed E-state index contributed by atoms with van der Waals surface area (Å²) in [5, 5.41) is 2.66. The lowest BCUT2D eigenvalue weighted by Gasteiger charge is -2.11. The molecule has 0 heterocycles. The molecule has 1 aromatic carbocycles. The van der Waals surface area contributed by atoms with Crippen molar-refractivity contribution in [2.45, 2.75) is 12.8 Å². The van der Waals surface area contributed by atoms with Crippen LogP contribution < -0.4 is 11.1 Å².